The molecule has 1 atom stereocenters. The Morgan fingerprint density at radius 2 is 2.40 bits per heavy atom. The topological polar surface area (TPSA) is 50.4 Å². The Hall–Kier alpha value is -0.910. The lowest BCUT2D eigenvalue weighted by molar-refractivity contribution is -0.0907. The molecule has 0 aromatic rings. The third-order valence-corrected chi connectivity index (χ3v) is 2.36. The lowest BCUT2D eigenvalue weighted by atomic mass is 9.95. The van der Waals surface area contributed by atoms with E-state index in [2.05, 4.69) is 10.6 Å². The molecule has 1 aliphatic rings. The number of carbonyl (C=O) groups excluding carboxylic acids is 1. The quantitative estimate of drug-likeness (QED) is 0.748. The van der Waals surface area contributed by atoms with E-state index in [4.69, 9.17) is 4.74 Å². The van der Waals surface area contributed by atoms with E-state index in [0.29, 0.717) is 19.5 Å². The normalized spacial score (nSPS) is 24.6. The Morgan fingerprint density at radius 3 is 3.00 bits per heavy atom. The summed E-state index contributed by atoms with van der Waals surface area (Å²) in [6.45, 7) is 2.15. The largest absolute Gasteiger partial charge is 0.449 e. The van der Waals surface area contributed by atoms with Crippen molar-refractivity contribution in [1.82, 2.24) is 10.6 Å². The van der Waals surface area contributed by atoms with E-state index in [0.717, 1.165) is 0 Å². The second-order valence-corrected chi connectivity index (χ2v) is 3.55. The summed E-state index contributed by atoms with van der Waals surface area (Å²) in [5.41, 5.74) is 0. The average Bonchev–Trinajstić information content (AvgIpc) is 2.16. The van der Waals surface area contributed by atoms with Gasteiger partial charge in [-0.2, -0.15) is 0 Å². The van der Waals surface area contributed by atoms with Gasteiger partial charge in [-0.05, 0) is 19.9 Å². The Balaban J connectivity index is 2.33. The fourth-order valence-electron chi connectivity index (χ4n) is 1.46. The van der Waals surface area contributed by atoms with E-state index in [1.165, 1.54) is 0 Å². The predicted octanol–water partition coefficient (Wildman–Crippen LogP) is 0.977. The van der Waals surface area contributed by atoms with Crippen molar-refractivity contribution in [3.05, 3.63) is 0 Å². The summed E-state index contributed by atoms with van der Waals surface area (Å²) >= 11 is 0. The minimum Gasteiger partial charge on any atom is -0.449 e. The van der Waals surface area contributed by atoms with Crippen LogP contribution >= 0.6 is 0 Å². The molecule has 2 N–H and O–H groups in total. The van der Waals surface area contributed by atoms with Crippen LogP contribution in [0.2, 0.25) is 0 Å². The Kier molecular flexibility index (Phi) is 4.26. The molecule has 1 heterocycles. The van der Waals surface area contributed by atoms with Gasteiger partial charge in [0.1, 0.15) is 6.61 Å². The number of carbonyl (C=O) groups is 1. The zero-order valence-corrected chi connectivity index (χ0v) is 8.69. The van der Waals surface area contributed by atoms with Crippen molar-refractivity contribution < 1.29 is 18.3 Å². The minimum atomic E-state index is -2.79. The van der Waals surface area contributed by atoms with E-state index in [1.54, 1.807) is 6.92 Å². The van der Waals surface area contributed by atoms with Gasteiger partial charge in [-0.1, -0.05) is 0 Å². The van der Waals surface area contributed by atoms with Gasteiger partial charge in [0.25, 0.3) is 5.92 Å². The van der Waals surface area contributed by atoms with Gasteiger partial charge >= 0.3 is 6.09 Å². The molecule has 1 fully saturated rings. The van der Waals surface area contributed by atoms with Crippen molar-refractivity contribution in [2.45, 2.75) is 19.3 Å². The second kappa shape index (κ2) is 5.25. The van der Waals surface area contributed by atoms with Crippen LogP contribution in [-0.2, 0) is 4.74 Å². The first kappa shape index (κ1) is 12.2. The SMILES string of the molecule is CCNC(=O)OCC1CCNCC1(F)F. The highest BCUT2D eigenvalue weighted by Crippen LogP contribution is 2.29. The molecule has 1 aliphatic heterocycles. The second-order valence-electron chi connectivity index (χ2n) is 3.55. The summed E-state index contributed by atoms with van der Waals surface area (Å²) in [6.07, 6.45) is -0.307. The summed E-state index contributed by atoms with van der Waals surface area (Å²) < 4.78 is 31.2. The maximum absolute atomic E-state index is 13.2. The van der Waals surface area contributed by atoms with E-state index in [1.807, 2.05) is 0 Å². The predicted molar refractivity (Wildman–Crippen MR) is 50.9 cm³/mol. The van der Waals surface area contributed by atoms with Crippen molar-refractivity contribution in [3.8, 4) is 0 Å². The fourth-order valence-corrected chi connectivity index (χ4v) is 1.46. The van der Waals surface area contributed by atoms with Crippen LogP contribution in [-0.4, -0.2) is 38.3 Å². The Bertz CT molecular complexity index is 224. The number of halogens is 2. The van der Waals surface area contributed by atoms with Gasteiger partial charge in [0.2, 0.25) is 0 Å². The van der Waals surface area contributed by atoms with Gasteiger partial charge < -0.3 is 15.4 Å². The van der Waals surface area contributed by atoms with Gasteiger partial charge in [-0.3, -0.25) is 0 Å². The molecule has 1 unspecified atom stereocenters. The van der Waals surface area contributed by atoms with Crippen LogP contribution in [0.4, 0.5) is 13.6 Å². The van der Waals surface area contributed by atoms with E-state index in [9.17, 15) is 13.6 Å². The number of hydrogen-bond acceptors (Lipinski definition) is 3. The number of alkyl carbamates (subject to hydrolysis) is 1. The van der Waals surface area contributed by atoms with Crippen LogP contribution in [0.15, 0.2) is 0 Å². The zero-order valence-electron chi connectivity index (χ0n) is 8.69. The molecule has 0 aromatic carbocycles. The maximum Gasteiger partial charge on any atom is 0.407 e. The molecule has 0 radical (unpaired) electrons. The molecule has 1 amide bonds. The fraction of sp³-hybridized carbons (Fsp3) is 0.889. The van der Waals surface area contributed by atoms with Gasteiger partial charge in [-0.25, -0.2) is 13.6 Å². The van der Waals surface area contributed by atoms with Gasteiger partial charge in [-0.15, -0.1) is 0 Å². The molecular weight excluding hydrogens is 206 g/mol. The van der Waals surface area contributed by atoms with Crippen molar-refractivity contribution in [2.24, 2.45) is 5.92 Å². The molecule has 0 spiro atoms. The highest BCUT2D eigenvalue weighted by molar-refractivity contribution is 5.66. The van der Waals surface area contributed by atoms with Gasteiger partial charge in [0.15, 0.2) is 0 Å². The van der Waals surface area contributed by atoms with Crippen LogP contribution in [0, 0.1) is 5.92 Å². The first-order valence-electron chi connectivity index (χ1n) is 5.05. The molecule has 4 nitrogen and oxygen atoms in total. The van der Waals surface area contributed by atoms with Crippen LogP contribution < -0.4 is 10.6 Å². The molecule has 0 aromatic heterocycles. The highest BCUT2D eigenvalue weighted by atomic mass is 19.3. The number of hydrogen-bond donors (Lipinski definition) is 2. The number of alkyl halides is 2. The van der Waals surface area contributed by atoms with E-state index >= 15 is 0 Å². The molecule has 0 saturated carbocycles. The van der Waals surface area contributed by atoms with Crippen LogP contribution in [0.5, 0.6) is 0 Å². The van der Waals surface area contributed by atoms with Gasteiger partial charge in [0.05, 0.1) is 12.5 Å². The maximum atomic E-state index is 13.2. The van der Waals surface area contributed by atoms with E-state index in [-0.39, 0.29) is 13.2 Å². The number of ether oxygens (including phenoxy) is 1. The summed E-state index contributed by atoms with van der Waals surface area (Å²) in [4.78, 5) is 10.9. The van der Waals surface area contributed by atoms with Crippen molar-refractivity contribution >= 4 is 6.09 Å². The number of piperidine rings is 1. The standard InChI is InChI=1S/C9H16F2N2O2/c1-2-13-8(14)15-5-7-3-4-12-6-9(7,10)11/h7,12H,2-6H2,1H3,(H,13,14). The van der Waals surface area contributed by atoms with Crippen molar-refractivity contribution in [1.29, 1.82) is 0 Å². The summed E-state index contributed by atoms with van der Waals surface area (Å²) in [7, 11) is 0. The first-order valence-corrected chi connectivity index (χ1v) is 5.05. The number of nitrogens with one attached hydrogen (secondary N) is 2. The molecular formula is C9H16F2N2O2. The lowest BCUT2D eigenvalue weighted by Gasteiger charge is -2.31. The molecule has 1 saturated heterocycles. The third-order valence-electron chi connectivity index (χ3n) is 2.36. The zero-order chi connectivity index (χ0) is 11.3. The number of amides is 1. The highest BCUT2D eigenvalue weighted by Gasteiger charge is 2.42. The number of rotatable bonds is 3. The lowest BCUT2D eigenvalue weighted by Crippen LogP contribution is -2.48. The van der Waals surface area contributed by atoms with Gasteiger partial charge in [0, 0.05) is 6.54 Å². The minimum absolute atomic E-state index is 0.222. The molecule has 15 heavy (non-hydrogen) atoms. The molecule has 1 rings (SSSR count). The van der Waals surface area contributed by atoms with Crippen LogP contribution in [0.3, 0.4) is 0 Å². The smallest absolute Gasteiger partial charge is 0.407 e. The molecule has 0 bridgehead atoms. The molecule has 6 heteroatoms. The summed E-state index contributed by atoms with van der Waals surface area (Å²) in [6, 6.07) is 0. The van der Waals surface area contributed by atoms with Crippen LogP contribution in [0.1, 0.15) is 13.3 Å². The third kappa shape index (κ3) is 3.62. The molecule has 88 valence electrons. The van der Waals surface area contributed by atoms with Crippen LogP contribution in [0.25, 0.3) is 0 Å². The first-order chi connectivity index (χ1) is 7.06. The Morgan fingerprint density at radius 1 is 1.67 bits per heavy atom. The molecule has 0 aliphatic carbocycles. The monoisotopic (exact) mass is 222 g/mol. The van der Waals surface area contributed by atoms with E-state index < -0.39 is 17.9 Å². The van der Waals surface area contributed by atoms with Crippen molar-refractivity contribution in [2.75, 3.05) is 26.2 Å². The van der Waals surface area contributed by atoms with Crippen molar-refractivity contribution in [3.63, 3.8) is 0 Å². The summed E-state index contributed by atoms with van der Waals surface area (Å²) in [5.74, 6) is -3.66. The average molecular weight is 222 g/mol. The summed E-state index contributed by atoms with van der Waals surface area (Å²) in [5, 5.41) is 5.00. The Labute approximate surface area is 87.4 Å².